The van der Waals surface area contributed by atoms with Crippen LogP contribution >= 0.6 is 0 Å². The highest BCUT2D eigenvalue weighted by Crippen LogP contribution is 2.48. The second-order valence-electron chi connectivity index (χ2n) is 10.5. The second-order valence-corrected chi connectivity index (χ2v) is 10.5. The zero-order chi connectivity index (χ0) is 23.8. The van der Waals surface area contributed by atoms with Gasteiger partial charge in [0.1, 0.15) is 0 Å². The van der Waals surface area contributed by atoms with E-state index >= 15 is 0 Å². The van der Waals surface area contributed by atoms with Gasteiger partial charge in [0.15, 0.2) is 5.78 Å². The fourth-order valence-corrected chi connectivity index (χ4v) is 5.19. The molecule has 1 aliphatic carbocycles. The molecule has 0 bridgehead atoms. The first-order valence-electron chi connectivity index (χ1n) is 12.4. The average Bonchev–Trinajstić information content (AvgIpc) is 2.70. The summed E-state index contributed by atoms with van der Waals surface area (Å²) in [6.07, 6.45) is 8.39. The molecule has 0 aromatic carbocycles. The minimum Gasteiger partial charge on any atom is -0.396 e. The van der Waals surface area contributed by atoms with Crippen LogP contribution in [-0.4, -0.2) is 50.6 Å². The molecule has 0 amide bonds. The van der Waals surface area contributed by atoms with Crippen molar-refractivity contribution in [2.24, 2.45) is 29.1 Å². The van der Waals surface area contributed by atoms with Crippen LogP contribution in [0.5, 0.6) is 0 Å². The van der Waals surface area contributed by atoms with Gasteiger partial charge >= 0.3 is 0 Å². The molecule has 0 saturated carbocycles. The molecular formula is C26H48O5. The van der Waals surface area contributed by atoms with Crippen molar-refractivity contribution in [2.75, 3.05) is 6.61 Å². The molecule has 8 atom stereocenters. The minimum absolute atomic E-state index is 0.0537. The van der Waals surface area contributed by atoms with Gasteiger partial charge in [-0.2, -0.15) is 0 Å². The molecule has 0 heterocycles. The van der Waals surface area contributed by atoms with Gasteiger partial charge in [-0.15, -0.1) is 0 Å². The molecule has 5 nitrogen and oxygen atoms in total. The summed E-state index contributed by atoms with van der Waals surface area (Å²) in [5.41, 5.74) is -1.43. The summed E-state index contributed by atoms with van der Waals surface area (Å²) in [7, 11) is 0. The Morgan fingerprint density at radius 3 is 2.26 bits per heavy atom. The Bertz CT molecular complexity index is 568. The largest absolute Gasteiger partial charge is 0.396 e. The van der Waals surface area contributed by atoms with E-state index in [2.05, 4.69) is 6.92 Å². The molecule has 182 valence electrons. The van der Waals surface area contributed by atoms with Crippen LogP contribution in [0.2, 0.25) is 0 Å². The fraction of sp³-hybridized carbons (Fsp3) is 0.885. The van der Waals surface area contributed by atoms with Crippen LogP contribution in [0.3, 0.4) is 0 Å². The zero-order valence-corrected chi connectivity index (χ0v) is 20.7. The number of hydrogen-bond donors (Lipinski definition) is 4. The van der Waals surface area contributed by atoms with Gasteiger partial charge < -0.3 is 20.4 Å². The first kappa shape index (κ1) is 28.3. The summed E-state index contributed by atoms with van der Waals surface area (Å²) in [6, 6.07) is 0. The number of carbonyl (C=O) groups excluding carboxylic acids is 1. The monoisotopic (exact) mass is 440 g/mol. The highest BCUT2D eigenvalue weighted by atomic mass is 16.3. The van der Waals surface area contributed by atoms with Crippen molar-refractivity contribution in [3.8, 4) is 0 Å². The van der Waals surface area contributed by atoms with Crippen LogP contribution in [0.1, 0.15) is 92.9 Å². The van der Waals surface area contributed by atoms with Gasteiger partial charge in [-0.05, 0) is 63.0 Å². The van der Waals surface area contributed by atoms with Crippen LogP contribution in [0.15, 0.2) is 12.2 Å². The van der Waals surface area contributed by atoms with Crippen molar-refractivity contribution in [2.45, 2.75) is 111 Å². The van der Waals surface area contributed by atoms with Crippen molar-refractivity contribution < 1.29 is 25.2 Å². The Morgan fingerprint density at radius 1 is 1.06 bits per heavy atom. The van der Waals surface area contributed by atoms with Crippen LogP contribution < -0.4 is 0 Å². The van der Waals surface area contributed by atoms with Gasteiger partial charge in [-0.1, -0.05) is 53.9 Å². The lowest BCUT2D eigenvalue weighted by atomic mass is 9.58. The molecule has 5 heteroatoms. The van der Waals surface area contributed by atoms with E-state index in [1.165, 1.54) is 0 Å². The lowest BCUT2D eigenvalue weighted by Gasteiger charge is -2.48. The Hall–Kier alpha value is -0.750. The van der Waals surface area contributed by atoms with Crippen molar-refractivity contribution >= 4 is 5.78 Å². The number of allylic oxidation sites excluding steroid dienone is 1. The number of hydrogen-bond acceptors (Lipinski definition) is 5. The molecule has 0 aromatic heterocycles. The quantitative estimate of drug-likeness (QED) is 0.323. The molecule has 31 heavy (non-hydrogen) atoms. The molecule has 1 rings (SSSR count). The van der Waals surface area contributed by atoms with Gasteiger partial charge in [0.25, 0.3) is 0 Å². The first-order chi connectivity index (χ1) is 14.4. The van der Waals surface area contributed by atoms with Crippen LogP contribution in [0, 0.1) is 29.1 Å². The number of aliphatic hydroxyl groups is 4. The summed E-state index contributed by atoms with van der Waals surface area (Å²) < 4.78 is 0. The van der Waals surface area contributed by atoms with E-state index in [9.17, 15) is 25.2 Å². The van der Waals surface area contributed by atoms with Crippen LogP contribution in [0.25, 0.3) is 0 Å². The Morgan fingerprint density at radius 2 is 1.71 bits per heavy atom. The third-order valence-electron chi connectivity index (χ3n) is 8.20. The molecule has 8 unspecified atom stereocenters. The fourth-order valence-electron chi connectivity index (χ4n) is 5.19. The highest BCUT2D eigenvalue weighted by Gasteiger charge is 2.50. The molecule has 0 radical (unpaired) electrons. The number of ketones is 1. The van der Waals surface area contributed by atoms with E-state index in [-0.39, 0.29) is 30.1 Å². The third-order valence-corrected chi connectivity index (χ3v) is 8.20. The van der Waals surface area contributed by atoms with Crippen molar-refractivity contribution in [3.05, 3.63) is 12.2 Å². The minimum atomic E-state index is -0.977. The van der Waals surface area contributed by atoms with E-state index in [1.807, 2.05) is 34.6 Å². The summed E-state index contributed by atoms with van der Waals surface area (Å²) in [5.74, 6) is 0.394. The maximum Gasteiger partial charge on any atom is 0.159 e. The lowest BCUT2D eigenvalue weighted by molar-refractivity contribution is -0.135. The normalized spacial score (nSPS) is 31.3. The maximum absolute atomic E-state index is 12.4. The van der Waals surface area contributed by atoms with Crippen molar-refractivity contribution in [1.29, 1.82) is 0 Å². The summed E-state index contributed by atoms with van der Waals surface area (Å²) in [4.78, 5) is 12.4. The molecule has 0 fully saturated rings. The predicted molar refractivity (Wildman–Crippen MR) is 126 cm³/mol. The summed E-state index contributed by atoms with van der Waals surface area (Å²) in [5, 5.41) is 40.9. The van der Waals surface area contributed by atoms with E-state index in [4.69, 9.17) is 0 Å². The van der Waals surface area contributed by atoms with Crippen LogP contribution in [0.4, 0.5) is 0 Å². The predicted octanol–water partition coefficient (Wildman–Crippen LogP) is 4.26. The van der Waals surface area contributed by atoms with E-state index in [0.717, 1.165) is 38.5 Å². The van der Waals surface area contributed by atoms with Gasteiger partial charge in [0, 0.05) is 23.9 Å². The number of carbonyl (C=O) groups is 1. The molecular weight excluding hydrogens is 392 g/mol. The van der Waals surface area contributed by atoms with Crippen molar-refractivity contribution in [3.63, 3.8) is 0 Å². The van der Waals surface area contributed by atoms with Gasteiger partial charge in [0.05, 0.1) is 17.8 Å². The Balaban J connectivity index is 2.48. The van der Waals surface area contributed by atoms with Crippen molar-refractivity contribution in [1.82, 2.24) is 0 Å². The molecule has 4 N–H and O–H groups in total. The molecule has 1 aliphatic rings. The number of rotatable bonds is 14. The zero-order valence-electron chi connectivity index (χ0n) is 20.7. The van der Waals surface area contributed by atoms with Crippen LogP contribution in [-0.2, 0) is 4.79 Å². The summed E-state index contributed by atoms with van der Waals surface area (Å²) in [6.45, 7) is 12.0. The van der Waals surface area contributed by atoms with E-state index < -0.39 is 23.2 Å². The van der Waals surface area contributed by atoms with Gasteiger partial charge in [-0.3, -0.25) is 4.79 Å². The smallest absolute Gasteiger partial charge is 0.159 e. The Labute approximate surface area is 190 Å². The lowest BCUT2D eigenvalue weighted by Crippen LogP contribution is -2.52. The van der Waals surface area contributed by atoms with Gasteiger partial charge in [-0.25, -0.2) is 0 Å². The maximum atomic E-state index is 12.4. The summed E-state index contributed by atoms with van der Waals surface area (Å²) >= 11 is 0. The van der Waals surface area contributed by atoms with Gasteiger partial charge in [0.2, 0.25) is 0 Å². The first-order valence-corrected chi connectivity index (χ1v) is 12.4. The number of aliphatic hydroxyl groups excluding tert-OH is 3. The second kappa shape index (κ2) is 12.5. The highest BCUT2D eigenvalue weighted by molar-refractivity contribution is 5.93. The molecule has 0 saturated heterocycles. The topological polar surface area (TPSA) is 98.0 Å². The molecule has 0 aromatic rings. The SMILES string of the molecule is CCC(CO)C(O)CC(O)C(C)CCC(C)CCCC1(C)C(CC)C(=O)C=CC1(C)O. The average molecular weight is 441 g/mol. The Kier molecular flexibility index (Phi) is 11.4. The van der Waals surface area contributed by atoms with E-state index in [1.54, 1.807) is 12.2 Å². The molecule has 0 spiro atoms. The molecule has 0 aliphatic heterocycles. The standard InChI is InChI=1S/C26H48O5/c1-7-20(17-27)24(30)16-23(29)19(4)12-11-18(3)10-9-14-25(5)21(8-2)22(28)13-15-26(25,6)31/h13,15,18-21,23-24,27,29-31H,7-12,14,16-17H2,1-6H3. The van der Waals surface area contributed by atoms with E-state index in [0.29, 0.717) is 18.8 Å². The third kappa shape index (κ3) is 7.38.